The monoisotopic (exact) mass is 277 g/mol. The van der Waals surface area contributed by atoms with Crippen molar-refractivity contribution in [2.75, 3.05) is 13.1 Å². The van der Waals surface area contributed by atoms with Crippen LogP contribution >= 0.6 is 0 Å². The zero-order valence-electron chi connectivity index (χ0n) is 13.9. The molecule has 2 heteroatoms. The fourth-order valence-electron chi connectivity index (χ4n) is 5.19. The van der Waals surface area contributed by atoms with Gasteiger partial charge in [0, 0.05) is 18.5 Å². The molecule has 0 radical (unpaired) electrons. The minimum atomic E-state index is -0.00863. The Hall–Kier alpha value is -0.530. The van der Waals surface area contributed by atoms with Crippen molar-refractivity contribution in [1.29, 1.82) is 0 Å². The van der Waals surface area contributed by atoms with Gasteiger partial charge in [0.15, 0.2) is 0 Å². The Bertz CT molecular complexity index is 404. The number of fused-ring (bicyclic) bond motifs is 1. The van der Waals surface area contributed by atoms with Crippen LogP contribution in [0.4, 0.5) is 0 Å². The van der Waals surface area contributed by atoms with E-state index in [2.05, 4.69) is 39.5 Å². The number of nitrogens with zero attached hydrogens (tertiary/aromatic N) is 1. The van der Waals surface area contributed by atoms with Crippen molar-refractivity contribution in [2.45, 2.75) is 60.3 Å². The summed E-state index contributed by atoms with van der Waals surface area (Å²) in [6.45, 7) is 13.8. The minimum Gasteiger partial charge on any atom is -0.342 e. The Morgan fingerprint density at radius 3 is 2.30 bits per heavy atom. The van der Waals surface area contributed by atoms with Gasteiger partial charge in [0.05, 0.1) is 0 Å². The van der Waals surface area contributed by atoms with Crippen molar-refractivity contribution in [3.05, 3.63) is 0 Å². The molecule has 4 atom stereocenters. The third kappa shape index (κ3) is 2.10. The summed E-state index contributed by atoms with van der Waals surface area (Å²) in [5, 5.41) is 0. The first-order chi connectivity index (χ1) is 9.22. The Balaban J connectivity index is 1.67. The van der Waals surface area contributed by atoms with Gasteiger partial charge in [-0.1, -0.05) is 41.0 Å². The van der Waals surface area contributed by atoms with E-state index in [1.165, 1.54) is 12.8 Å². The van der Waals surface area contributed by atoms with Gasteiger partial charge in [0.1, 0.15) is 0 Å². The first kappa shape index (κ1) is 14.4. The van der Waals surface area contributed by atoms with Crippen LogP contribution in [0.2, 0.25) is 0 Å². The maximum absolute atomic E-state index is 12.7. The van der Waals surface area contributed by atoms with Gasteiger partial charge < -0.3 is 4.90 Å². The van der Waals surface area contributed by atoms with Gasteiger partial charge in [-0.25, -0.2) is 0 Å². The quantitative estimate of drug-likeness (QED) is 0.710. The van der Waals surface area contributed by atoms with E-state index in [9.17, 15) is 4.79 Å². The summed E-state index contributed by atoms with van der Waals surface area (Å²) in [5.41, 5.74) is 0.407. The Labute approximate surface area is 124 Å². The van der Waals surface area contributed by atoms with Gasteiger partial charge in [0.2, 0.25) is 5.91 Å². The van der Waals surface area contributed by atoms with Gasteiger partial charge in [-0.2, -0.15) is 0 Å². The average Bonchev–Trinajstić information content (AvgIpc) is 2.84. The highest BCUT2D eigenvalue weighted by molar-refractivity contribution is 5.83. The Morgan fingerprint density at radius 2 is 1.85 bits per heavy atom. The van der Waals surface area contributed by atoms with Crippen LogP contribution in [0, 0.1) is 34.5 Å². The van der Waals surface area contributed by atoms with E-state index in [1.54, 1.807) is 0 Å². The normalized spacial score (nSPS) is 39.5. The second-order valence-electron chi connectivity index (χ2n) is 9.12. The third-order valence-electron chi connectivity index (χ3n) is 6.73. The average molecular weight is 277 g/mol. The highest BCUT2D eigenvalue weighted by Gasteiger charge is 2.52. The number of hydrogen-bond donors (Lipinski definition) is 0. The smallest absolute Gasteiger partial charge is 0.228 e. The molecular formula is C18H31NO. The van der Waals surface area contributed by atoms with Crippen molar-refractivity contribution in [1.82, 2.24) is 4.90 Å². The fourth-order valence-corrected chi connectivity index (χ4v) is 5.19. The lowest BCUT2D eigenvalue weighted by molar-refractivity contribution is -0.145. The summed E-state index contributed by atoms with van der Waals surface area (Å²) in [7, 11) is 0. The van der Waals surface area contributed by atoms with Gasteiger partial charge in [-0.15, -0.1) is 0 Å². The van der Waals surface area contributed by atoms with Gasteiger partial charge in [0.25, 0.3) is 0 Å². The van der Waals surface area contributed by atoms with Crippen molar-refractivity contribution < 1.29 is 4.79 Å². The molecule has 2 aliphatic carbocycles. The Morgan fingerprint density at radius 1 is 1.20 bits per heavy atom. The highest BCUT2D eigenvalue weighted by atomic mass is 16.2. The number of likely N-dealkylation sites (tertiary alicyclic amines) is 1. The molecule has 3 rings (SSSR count). The maximum Gasteiger partial charge on any atom is 0.228 e. The van der Waals surface area contributed by atoms with Crippen LogP contribution in [-0.2, 0) is 4.79 Å². The molecule has 0 spiro atoms. The molecule has 2 saturated carbocycles. The molecule has 3 aliphatic rings. The summed E-state index contributed by atoms with van der Waals surface area (Å²) in [5.74, 6) is 3.58. The van der Waals surface area contributed by atoms with Crippen molar-refractivity contribution >= 4 is 5.91 Å². The molecule has 0 aromatic heterocycles. The van der Waals surface area contributed by atoms with E-state index >= 15 is 0 Å². The zero-order valence-corrected chi connectivity index (χ0v) is 13.9. The van der Waals surface area contributed by atoms with Crippen LogP contribution in [-0.4, -0.2) is 23.9 Å². The van der Waals surface area contributed by atoms with Crippen LogP contribution in [0.25, 0.3) is 0 Å². The molecular weight excluding hydrogens is 246 g/mol. The van der Waals surface area contributed by atoms with Gasteiger partial charge in [-0.3, -0.25) is 4.79 Å². The summed E-state index contributed by atoms with van der Waals surface area (Å²) in [6.07, 6.45) is 4.79. The van der Waals surface area contributed by atoms with E-state index in [-0.39, 0.29) is 5.41 Å². The molecule has 4 unspecified atom stereocenters. The lowest BCUT2D eigenvalue weighted by atomic mass is 9.69. The summed E-state index contributed by atoms with van der Waals surface area (Å²) >= 11 is 0. The van der Waals surface area contributed by atoms with Gasteiger partial charge in [-0.05, 0) is 48.3 Å². The maximum atomic E-state index is 12.7. The molecule has 1 amide bonds. The zero-order chi connectivity index (χ0) is 14.7. The van der Waals surface area contributed by atoms with Crippen LogP contribution in [0.1, 0.15) is 60.3 Å². The first-order valence-corrected chi connectivity index (χ1v) is 8.52. The van der Waals surface area contributed by atoms with Crippen molar-refractivity contribution in [3.63, 3.8) is 0 Å². The topological polar surface area (TPSA) is 20.3 Å². The lowest BCUT2D eigenvalue weighted by Gasteiger charge is -2.40. The largest absolute Gasteiger partial charge is 0.342 e. The molecule has 0 aromatic rings. The van der Waals surface area contributed by atoms with Crippen molar-refractivity contribution in [3.8, 4) is 0 Å². The summed E-state index contributed by atoms with van der Waals surface area (Å²) in [4.78, 5) is 14.9. The van der Waals surface area contributed by atoms with E-state index in [4.69, 9.17) is 0 Å². The first-order valence-electron chi connectivity index (χ1n) is 8.52. The summed E-state index contributed by atoms with van der Waals surface area (Å²) < 4.78 is 0. The number of carbonyl (C=O) groups is 1. The predicted octanol–water partition coefficient (Wildman–Crippen LogP) is 3.95. The third-order valence-corrected chi connectivity index (χ3v) is 6.73. The molecule has 20 heavy (non-hydrogen) atoms. The van der Waals surface area contributed by atoms with Crippen molar-refractivity contribution in [2.24, 2.45) is 34.5 Å². The molecule has 0 N–H and O–H groups in total. The summed E-state index contributed by atoms with van der Waals surface area (Å²) in [6, 6.07) is 0. The lowest BCUT2D eigenvalue weighted by Crippen LogP contribution is -2.46. The molecule has 1 aliphatic heterocycles. The van der Waals surface area contributed by atoms with Crippen LogP contribution < -0.4 is 0 Å². The Kier molecular flexibility index (Phi) is 3.23. The SMILES string of the molecule is CC1C2CN(C(=O)C3(C)CCC3)CC2CC1C(C)(C)C. The molecule has 2 nitrogen and oxygen atoms in total. The van der Waals surface area contributed by atoms with Crippen LogP contribution in [0.3, 0.4) is 0 Å². The molecule has 1 saturated heterocycles. The van der Waals surface area contributed by atoms with Crippen LogP contribution in [0.5, 0.6) is 0 Å². The standard InChI is InChI=1S/C18H31NO/c1-12-14-11-19(16(20)18(5)7-6-8-18)10-13(14)9-15(12)17(2,3)4/h12-15H,6-11H2,1-5H3. The number of hydrogen-bond acceptors (Lipinski definition) is 1. The van der Waals surface area contributed by atoms with Crippen LogP contribution in [0.15, 0.2) is 0 Å². The van der Waals surface area contributed by atoms with E-state index in [0.29, 0.717) is 11.3 Å². The second-order valence-corrected chi connectivity index (χ2v) is 9.12. The molecule has 114 valence electrons. The fraction of sp³-hybridized carbons (Fsp3) is 0.944. The molecule has 0 aromatic carbocycles. The minimum absolute atomic E-state index is 0.00863. The molecule has 3 fully saturated rings. The number of carbonyl (C=O) groups excluding carboxylic acids is 1. The van der Waals surface area contributed by atoms with E-state index < -0.39 is 0 Å². The second kappa shape index (κ2) is 4.48. The predicted molar refractivity (Wildman–Crippen MR) is 82.2 cm³/mol. The van der Waals surface area contributed by atoms with Gasteiger partial charge >= 0.3 is 0 Å². The molecule has 1 heterocycles. The number of amides is 1. The van der Waals surface area contributed by atoms with E-state index in [0.717, 1.165) is 49.6 Å². The molecule has 0 bridgehead atoms. The number of rotatable bonds is 1. The highest BCUT2D eigenvalue weighted by Crippen LogP contribution is 2.53. The van der Waals surface area contributed by atoms with E-state index in [1.807, 2.05) is 0 Å².